The number of rotatable bonds is 2. The second-order valence-corrected chi connectivity index (χ2v) is 8.28. The Morgan fingerprint density at radius 1 is 1.32 bits per heavy atom. The quantitative estimate of drug-likeness (QED) is 0.595. The van der Waals surface area contributed by atoms with Gasteiger partial charge < -0.3 is 21.7 Å². The van der Waals surface area contributed by atoms with Crippen molar-refractivity contribution in [3.63, 3.8) is 0 Å². The molecule has 0 aromatic carbocycles. The number of nitrogen functional groups attached to an aromatic ring is 1. The van der Waals surface area contributed by atoms with E-state index < -0.39 is 5.66 Å². The van der Waals surface area contributed by atoms with Gasteiger partial charge in [0.15, 0.2) is 5.82 Å². The first-order chi connectivity index (χ1) is 13.2. The van der Waals surface area contributed by atoms with Crippen LogP contribution in [-0.2, 0) is 5.66 Å². The number of hydrogen-bond acceptors (Lipinski definition) is 7. The van der Waals surface area contributed by atoms with Gasteiger partial charge in [-0.3, -0.25) is 14.2 Å². The molecule has 2 aliphatic rings. The summed E-state index contributed by atoms with van der Waals surface area (Å²) in [5, 5.41) is 9.49. The second-order valence-electron chi connectivity index (χ2n) is 7.90. The highest BCUT2D eigenvalue weighted by Crippen LogP contribution is 2.43. The Morgan fingerprint density at radius 3 is 2.79 bits per heavy atom. The number of nitrogens with two attached hydrogens (primary N) is 1. The van der Waals surface area contributed by atoms with Gasteiger partial charge in [-0.15, -0.1) is 0 Å². The molecule has 1 amide bonds. The summed E-state index contributed by atoms with van der Waals surface area (Å²) in [7, 11) is 0. The van der Waals surface area contributed by atoms with E-state index in [1.807, 2.05) is 0 Å². The van der Waals surface area contributed by atoms with Crippen molar-refractivity contribution in [3.05, 3.63) is 39.0 Å². The van der Waals surface area contributed by atoms with Crippen molar-refractivity contribution in [2.75, 3.05) is 24.1 Å². The molecular formula is C18H22ClN7O2. The topological polar surface area (TPSA) is 127 Å². The number of pyridine rings is 1. The minimum absolute atomic E-state index is 0.114. The maximum Gasteiger partial charge on any atom is 0.276 e. The zero-order chi connectivity index (χ0) is 20.3. The van der Waals surface area contributed by atoms with E-state index >= 15 is 0 Å². The van der Waals surface area contributed by atoms with Crippen molar-refractivity contribution < 1.29 is 4.79 Å². The molecule has 148 valence electrons. The molecule has 10 heteroatoms. The summed E-state index contributed by atoms with van der Waals surface area (Å²) < 4.78 is 1.58. The summed E-state index contributed by atoms with van der Waals surface area (Å²) in [5.41, 5.74) is 5.53. The van der Waals surface area contributed by atoms with Gasteiger partial charge in [-0.2, -0.15) is 0 Å². The van der Waals surface area contributed by atoms with E-state index in [0.29, 0.717) is 17.8 Å². The lowest BCUT2D eigenvalue weighted by Crippen LogP contribution is -2.65. The van der Waals surface area contributed by atoms with Crippen LogP contribution in [0.25, 0.3) is 0 Å². The number of carbonyl (C=O) groups excluding carboxylic acids is 1. The summed E-state index contributed by atoms with van der Waals surface area (Å²) in [6, 6.07) is 1.63. The molecule has 4 rings (SSSR count). The lowest BCUT2D eigenvalue weighted by molar-refractivity contribution is 0.0229. The van der Waals surface area contributed by atoms with Crippen LogP contribution in [0.3, 0.4) is 0 Å². The molecule has 2 aliphatic heterocycles. The van der Waals surface area contributed by atoms with Gasteiger partial charge in [0.05, 0.1) is 0 Å². The molecule has 2 aromatic heterocycles. The Hall–Kier alpha value is -2.65. The second kappa shape index (κ2) is 6.18. The SMILES string of the molecule is Cc1cc(Nc2ncnc(N)c2Cl)c(=O)n2c1C(=O)NC21CNCCC1(C)C. The van der Waals surface area contributed by atoms with Crippen LogP contribution in [0.5, 0.6) is 0 Å². The van der Waals surface area contributed by atoms with Gasteiger partial charge in [-0.1, -0.05) is 25.4 Å². The number of halogens is 1. The summed E-state index contributed by atoms with van der Waals surface area (Å²) in [6.07, 6.45) is 2.08. The number of nitrogens with one attached hydrogen (secondary N) is 3. The first-order valence-electron chi connectivity index (χ1n) is 9.01. The van der Waals surface area contributed by atoms with E-state index in [2.05, 4.69) is 39.8 Å². The van der Waals surface area contributed by atoms with E-state index in [-0.39, 0.29) is 39.2 Å². The first-order valence-corrected chi connectivity index (χ1v) is 9.39. The van der Waals surface area contributed by atoms with Crippen LogP contribution in [0.4, 0.5) is 17.3 Å². The lowest BCUT2D eigenvalue weighted by atomic mass is 9.73. The van der Waals surface area contributed by atoms with Gasteiger partial charge >= 0.3 is 0 Å². The number of fused-ring (bicyclic) bond motifs is 2. The molecule has 9 nitrogen and oxygen atoms in total. The maximum atomic E-state index is 13.5. The minimum atomic E-state index is -0.855. The van der Waals surface area contributed by atoms with Crippen LogP contribution in [0, 0.1) is 12.3 Å². The Kier molecular flexibility index (Phi) is 4.13. The molecule has 0 aliphatic carbocycles. The van der Waals surface area contributed by atoms with Crippen molar-refractivity contribution in [1.82, 2.24) is 25.2 Å². The van der Waals surface area contributed by atoms with Crippen molar-refractivity contribution >= 4 is 34.8 Å². The van der Waals surface area contributed by atoms with Gasteiger partial charge in [0, 0.05) is 12.0 Å². The molecule has 1 saturated heterocycles. The third kappa shape index (κ3) is 2.50. The van der Waals surface area contributed by atoms with Gasteiger partial charge in [-0.05, 0) is 31.5 Å². The summed E-state index contributed by atoms with van der Waals surface area (Å²) >= 11 is 6.17. The molecule has 0 radical (unpaired) electrons. The highest BCUT2D eigenvalue weighted by atomic mass is 35.5. The van der Waals surface area contributed by atoms with Crippen molar-refractivity contribution in [3.8, 4) is 0 Å². The van der Waals surface area contributed by atoms with Crippen LogP contribution in [0.15, 0.2) is 17.2 Å². The molecule has 1 atom stereocenters. The molecular weight excluding hydrogens is 382 g/mol. The molecule has 1 unspecified atom stereocenters. The number of aryl methyl sites for hydroxylation is 1. The molecule has 2 aromatic rings. The highest BCUT2D eigenvalue weighted by Gasteiger charge is 2.55. The van der Waals surface area contributed by atoms with E-state index in [1.54, 1.807) is 17.6 Å². The Balaban J connectivity index is 1.91. The number of nitrogens with zero attached hydrogens (tertiary/aromatic N) is 3. The molecule has 0 bridgehead atoms. The average Bonchev–Trinajstić information content (AvgIpc) is 2.93. The number of hydrogen-bond donors (Lipinski definition) is 4. The van der Waals surface area contributed by atoms with E-state index in [1.165, 1.54) is 6.33 Å². The summed E-state index contributed by atoms with van der Waals surface area (Å²) in [6.45, 7) is 7.21. The number of piperidine rings is 1. The molecule has 4 heterocycles. The number of amides is 1. The fourth-order valence-electron chi connectivity index (χ4n) is 4.09. The predicted octanol–water partition coefficient (Wildman–Crippen LogP) is 1.34. The Labute approximate surface area is 166 Å². The Bertz CT molecular complexity index is 1050. The normalized spacial score (nSPS) is 22.8. The van der Waals surface area contributed by atoms with Crippen LogP contribution in [0.1, 0.15) is 36.3 Å². The smallest absolute Gasteiger partial charge is 0.276 e. The van der Waals surface area contributed by atoms with Crippen molar-refractivity contribution in [1.29, 1.82) is 0 Å². The predicted molar refractivity (Wildman–Crippen MR) is 107 cm³/mol. The lowest BCUT2D eigenvalue weighted by Gasteiger charge is -2.48. The van der Waals surface area contributed by atoms with Gasteiger partial charge in [0.25, 0.3) is 11.5 Å². The fraction of sp³-hybridized carbons (Fsp3) is 0.444. The van der Waals surface area contributed by atoms with E-state index in [0.717, 1.165) is 13.0 Å². The van der Waals surface area contributed by atoms with E-state index in [9.17, 15) is 9.59 Å². The third-order valence-electron chi connectivity index (χ3n) is 5.81. The number of aromatic nitrogens is 3. The number of carbonyl (C=O) groups is 1. The minimum Gasteiger partial charge on any atom is -0.382 e. The van der Waals surface area contributed by atoms with Crippen LogP contribution >= 0.6 is 11.6 Å². The molecule has 1 spiro atoms. The fourth-order valence-corrected chi connectivity index (χ4v) is 4.24. The monoisotopic (exact) mass is 403 g/mol. The molecule has 1 fully saturated rings. The molecule has 28 heavy (non-hydrogen) atoms. The largest absolute Gasteiger partial charge is 0.382 e. The third-order valence-corrected chi connectivity index (χ3v) is 6.18. The first kappa shape index (κ1) is 18.7. The highest BCUT2D eigenvalue weighted by molar-refractivity contribution is 6.35. The van der Waals surface area contributed by atoms with Gasteiger partial charge in [-0.25, -0.2) is 9.97 Å². The van der Waals surface area contributed by atoms with Gasteiger partial charge in [0.1, 0.15) is 34.2 Å². The summed E-state index contributed by atoms with van der Waals surface area (Å²) in [4.78, 5) is 34.2. The van der Waals surface area contributed by atoms with Crippen LogP contribution < -0.4 is 27.2 Å². The molecule has 0 saturated carbocycles. The van der Waals surface area contributed by atoms with Crippen LogP contribution in [-0.4, -0.2) is 33.5 Å². The maximum absolute atomic E-state index is 13.5. The van der Waals surface area contributed by atoms with Crippen LogP contribution in [0.2, 0.25) is 5.02 Å². The molecule has 5 N–H and O–H groups in total. The summed E-state index contributed by atoms with van der Waals surface area (Å²) in [5.74, 6) is 0.101. The average molecular weight is 404 g/mol. The van der Waals surface area contributed by atoms with Crippen molar-refractivity contribution in [2.24, 2.45) is 5.41 Å². The standard InChI is InChI=1S/C18H22ClN7O2/c1-9-6-10(24-14-11(19)13(20)22-8-23-14)16(28)26-12(9)15(27)25-18(26)7-21-5-4-17(18,2)3/h6,8,21H,4-5,7H2,1-3H3,(H,25,27)(H3,20,22,23,24). The number of anilines is 3. The zero-order valence-corrected chi connectivity index (χ0v) is 16.6. The van der Waals surface area contributed by atoms with E-state index in [4.69, 9.17) is 17.3 Å². The zero-order valence-electron chi connectivity index (χ0n) is 15.9. The van der Waals surface area contributed by atoms with Crippen molar-refractivity contribution in [2.45, 2.75) is 32.9 Å². The van der Waals surface area contributed by atoms with Gasteiger partial charge in [0.2, 0.25) is 0 Å². The Morgan fingerprint density at radius 2 is 2.07 bits per heavy atom.